The summed E-state index contributed by atoms with van der Waals surface area (Å²) in [5.74, 6) is -0.643. The van der Waals surface area contributed by atoms with E-state index in [1.54, 1.807) is 18.2 Å². The molecule has 104 valence electrons. The number of carbonyl (C=O) groups is 2. The first-order valence-electron chi connectivity index (χ1n) is 6.20. The molecule has 0 fully saturated rings. The maximum atomic E-state index is 11.6. The Morgan fingerprint density at radius 2 is 2.00 bits per heavy atom. The fourth-order valence-electron chi connectivity index (χ4n) is 1.77. The highest BCUT2D eigenvalue weighted by Gasteiger charge is 2.13. The second-order valence-electron chi connectivity index (χ2n) is 4.10. The molecular weight excluding hydrogens is 244 g/mol. The van der Waals surface area contributed by atoms with Crippen molar-refractivity contribution in [1.82, 2.24) is 5.32 Å². The minimum atomic E-state index is -0.576. The van der Waals surface area contributed by atoms with E-state index in [4.69, 9.17) is 11.5 Å². The van der Waals surface area contributed by atoms with Gasteiger partial charge in [0, 0.05) is 24.5 Å². The molecular formula is C13H20N4O2. The van der Waals surface area contributed by atoms with Gasteiger partial charge in [-0.2, -0.15) is 0 Å². The fraction of sp³-hybridized carbons (Fsp3) is 0.385. The first-order valence-corrected chi connectivity index (χ1v) is 6.20. The SMILES string of the molecule is CCNC(=O)CN(CC)c1ccc(N)c(C(N)=O)c1. The Bertz CT molecular complexity index is 474. The van der Waals surface area contributed by atoms with Crippen LogP contribution in [0.2, 0.25) is 0 Å². The number of nitrogens with one attached hydrogen (secondary N) is 1. The first-order chi connectivity index (χ1) is 8.99. The molecule has 0 bridgehead atoms. The Morgan fingerprint density at radius 1 is 1.32 bits per heavy atom. The van der Waals surface area contributed by atoms with Gasteiger partial charge >= 0.3 is 0 Å². The van der Waals surface area contributed by atoms with Crippen molar-refractivity contribution < 1.29 is 9.59 Å². The van der Waals surface area contributed by atoms with Crippen LogP contribution in [0.1, 0.15) is 24.2 Å². The summed E-state index contributed by atoms with van der Waals surface area (Å²) in [5.41, 5.74) is 12.3. The molecule has 0 aliphatic rings. The summed E-state index contributed by atoms with van der Waals surface area (Å²) in [6.45, 7) is 5.25. The number of benzene rings is 1. The van der Waals surface area contributed by atoms with E-state index in [1.165, 1.54) is 0 Å². The van der Waals surface area contributed by atoms with E-state index >= 15 is 0 Å². The zero-order valence-electron chi connectivity index (χ0n) is 11.3. The number of carbonyl (C=O) groups excluding carboxylic acids is 2. The van der Waals surface area contributed by atoms with Gasteiger partial charge in [-0.1, -0.05) is 0 Å². The van der Waals surface area contributed by atoms with Crippen molar-refractivity contribution in [1.29, 1.82) is 0 Å². The van der Waals surface area contributed by atoms with Gasteiger partial charge in [-0.05, 0) is 32.0 Å². The lowest BCUT2D eigenvalue weighted by Gasteiger charge is -2.23. The normalized spacial score (nSPS) is 10.0. The number of likely N-dealkylation sites (N-methyl/N-ethyl adjacent to an activating group) is 2. The number of nitrogens with two attached hydrogens (primary N) is 2. The van der Waals surface area contributed by atoms with E-state index in [2.05, 4.69) is 5.32 Å². The van der Waals surface area contributed by atoms with Crippen LogP contribution >= 0.6 is 0 Å². The number of nitrogens with zero attached hydrogens (tertiary/aromatic N) is 1. The second-order valence-corrected chi connectivity index (χ2v) is 4.10. The molecule has 0 spiro atoms. The summed E-state index contributed by atoms with van der Waals surface area (Å²) in [7, 11) is 0. The van der Waals surface area contributed by atoms with Crippen LogP contribution in [0.3, 0.4) is 0 Å². The molecule has 6 heteroatoms. The molecule has 1 rings (SSSR count). The molecule has 6 nitrogen and oxygen atoms in total. The Labute approximate surface area is 112 Å². The average Bonchev–Trinajstić information content (AvgIpc) is 2.36. The van der Waals surface area contributed by atoms with E-state index in [0.717, 1.165) is 5.69 Å². The minimum absolute atomic E-state index is 0.0678. The lowest BCUT2D eigenvalue weighted by Crippen LogP contribution is -2.37. The largest absolute Gasteiger partial charge is 0.398 e. The predicted molar refractivity (Wildman–Crippen MR) is 75.9 cm³/mol. The molecule has 0 radical (unpaired) electrons. The Morgan fingerprint density at radius 3 is 2.53 bits per heavy atom. The lowest BCUT2D eigenvalue weighted by molar-refractivity contribution is -0.119. The van der Waals surface area contributed by atoms with Gasteiger partial charge in [0.2, 0.25) is 5.91 Å². The zero-order valence-corrected chi connectivity index (χ0v) is 11.3. The van der Waals surface area contributed by atoms with Crippen molar-refractivity contribution in [2.75, 3.05) is 30.3 Å². The van der Waals surface area contributed by atoms with Crippen LogP contribution in [0.15, 0.2) is 18.2 Å². The summed E-state index contributed by atoms with van der Waals surface area (Å²) in [4.78, 5) is 24.7. The topological polar surface area (TPSA) is 101 Å². The molecule has 1 aromatic rings. The molecule has 0 aliphatic heterocycles. The maximum absolute atomic E-state index is 11.6. The van der Waals surface area contributed by atoms with E-state index < -0.39 is 5.91 Å². The standard InChI is InChI=1S/C13H20N4O2/c1-3-16-12(18)8-17(4-2)9-5-6-11(14)10(7-9)13(15)19/h5-7H,3-4,8,14H2,1-2H3,(H2,15,19)(H,16,18). The van der Waals surface area contributed by atoms with Gasteiger partial charge in [0.15, 0.2) is 0 Å². The summed E-state index contributed by atoms with van der Waals surface area (Å²) in [5, 5.41) is 2.73. The molecule has 0 aromatic heterocycles. The van der Waals surface area contributed by atoms with Gasteiger partial charge < -0.3 is 21.7 Å². The van der Waals surface area contributed by atoms with Crippen LogP contribution in [0.4, 0.5) is 11.4 Å². The number of hydrogen-bond donors (Lipinski definition) is 3. The molecule has 2 amide bonds. The summed E-state index contributed by atoms with van der Waals surface area (Å²) in [6.07, 6.45) is 0. The molecule has 0 aliphatic carbocycles. The van der Waals surface area contributed by atoms with Crippen molar-refractivity contribution in [3.63, 3.8) is 0 Å². The van der Waals surface area contributed by atoms with E-state index in [1.807, 2.05) is 18.7 Å². The minimum Gasteiger partial charge on any atom is -0.398 e. The van der Waals surface area contributed by atoms with Crippen LogP contribution in [-0.2, 0) is 4.79 Å². The van der Waals surface area contributed by atoms with Gasteiger partial charge in [0.25, 0.3) is 5.91 Å². The number of hydrogen-bond acceptors (Lipinski definition) is 4. The van der Waals surface area contributed by atoms with Gasteiger partial charge in [0.1, 0.15) is 0 Å². The van der Waals surface area contributed by atoms with E-state index in [0.29, 0.717) is 18.8 Å². The Kier molecular flexibility index (Phi) is 5.17. The van der Waals surface area contributed by atoms with Gasteiger partial charge in [-0.25, -0.2) is 0 Å². The third kappa shape index (κ3) is 3.87. The van der Waals surface area contributed by atoms with Crippen molar-refractivity contribution in [2.45, 2.75) is 13.8 Å². The fourth-order valence-corrected chi connectivity index (χ4v) is 1.77. The number of anilines is 2. The molecule has 0 atom stereocenters. The Hall–Kier alpha value is -2.24. The van der Waals surface area contributed by atoms with Crippen molar-refractivity contribution in [3.8, 4) is 0 Å². The van der Waals surface area contributed by atoms with Crippen LogP contribution in [0, 0.1) is 0 Å². The Balaban J connectivity index is 2.95. The summed E-state index contributed by atoms with van der Waals surface area (Å²) >= 11 is 0. The van der Waals surface area contributed by atoms with Crippen LogP contribution in [0.25, 0.3) is 0 Å². The zero-order chi connectivity index (χ0) is 14.4. The molecule has 0 heterocycles. The lowest BCUT2D eigenvalue weighted by atomic mass is 10.1. The smallest absolute Gasteiger partial charge is 0.250 e. The second kappa shape index (κ2) is 6.63. The third-order valence-corrected chi connectivity index (χ3v) is 2.76. The van der Waals surface area contributed by atoms with Gasteiger partial charge in [-0.15, -0.1) is 0 Å². The van der Waals surface area contributed by atoms with Crippen molar-refractivity contribution in [3.05, 3.63) is 23.8 Å². The van der Waals surface area contributed by atoms with E-state index in [-0.39, 0.29) is 18.0 Å². The molecule has 0 saturated carbocycles. The van der Waals surface area contributed by atoms with Crippen LogP contribution < -0.4 is 21.7 Å². The monoisotopic (exact) mass is 264 g/mol. The number of primary amides is 1. The number of amides is 2. The van der Waals surface area contributed by atoms with Crippen molar-refractivity contribution in [2.24, 2.45) is 5.73 Å². The highest BCUT2D eigenvalue weighted by Crippen LogP contribution is 2.20. The maximum Gasteiger partial charge on any atom is 0.250 e. The number of rotatable bonds is 6. The summed E-state index contributed by atoms with van der Waals surface area (Å²) < 4.78 is 0. The molecule has 1 aromatic carbocycles. The molecule has 5 N–H and O–H groups in total. The number of nitrogen functional groups attached to an aromatic ring is 1. The average molecular weight is 264 g/mol. The highest BCUT2D eigenvalue weighted by molar-refractivity contribution is 5.99. The van der Waals surface area contributed by atoms with Gasteiger partial charge in [0.05, 0.1) is 12.1 Å². The quantitative estimate of drug-likeness (QED) is 0.644. The first kappa shape index (κ1) is 14.8. The van der Waals surface area contributed by atoms with Crippen LogP contribution in [0.5, 0.6) is 0 Å². The summed E-state index contributed by atoms with van der Waals surface area (Å²) in [6, 6.07) is 5.00. The van der Waals surface area contributed by atoms with Crippen LogP contribution in [-0.4, -0.2) is 31.4 Å². The third-order valence-electron chi connectivity index (χ3n) is 2.76. The molecule has 19 heavy (non-hydrogen) atoms. The predicted octanol–water partition coefficient (Wildman–Crippen LogP) is 0.330. The van der Waals surface area contributed by atoms with E-state index in [9.17, 15) is 9.59 Å². The van der Waals surface area contributed by atoms with Gasteiger partial charge in [-0.3, -0.25) is 9.59 Å². The molecule has 0 saturated heterocycles. The molecule has 0 unspecified atom stereocenters. The van der Waals surface area contributed by atoms with Crippen molar-refractivity contribution >= 4 is 23.2 Å². The highest BCUT2D eigenvalue weighted by atomic mass is 16.2.